The molecule has 2 bridgehead atoms. The number of ether oxygens (including phenoxy) is 2. The van der Waals surface area contributed by atoms with Crippen LogP contribution in [0.3, 0.4) is 0 Å². The van der Waals surface area contributed by atoms with Gasteiger partial charge in [0, 0.05) is 12.0 Å². The molecule has 1 aliphatic carbocycles. The number of benzene rings is 2. The molecule has 1 saturated carbocycles. The number of carbonyl (C=O) groups excluding carboxylic acids is 2. The van der Waals surface area contributed by atoms with E-state index in [2.05, 4.69) is 16.7 Å². The van der Waals surface area contributed by atoms with Crippen LogP contribution in [0.15, 0.2) is 36.4 Å². The van der Waals surface area contributed by atoms with Crippen LogP contribution in [0.2, 0.25) is 5.02 Å². The van der Waals surface area contributed by atoms with Crippen molar-refractivity contribution < 1.29 is 19.1 Å². The summed E-state index contributed by atoms with van der Waals surface area (Å²) in [7, 11) is 1.59. The van der Waals surface area contributed by atoms with E-state index in [0.717, 1.165) is 30.4 Å². The van der Waals surface area contributed by atoms with Gasteiger partial charge in [0.05, 0.1) is 24.8 Å². The second-order valence-corrected chi connectivity index (χ2v) is 9.27. The Bertz CT molecular complexity index is 1120. The van der Waals surface area contributed by atoms with Crippen molar-refractivity contribution in [2.75, 3.05) is 13.7 Å². The molecule has 5 rings (SSSR count). The Kier molecular flexibility index (Phi) is 7.28. The van der Waals surface area contributed by atoms with Gasteiger partial charge in [0.1, 0.15) is 23.1 Å². The van der Waals surface area contributed by atoms with Crippen molar-refractivity contribution in [3.63, 3.8) is 0 Å². The van der Waals surface area contributed by atoms with Crippen molar-refractivity contribution in [3.8, 4) is 17.6 Å². The monoisotopic (exact) mass is 481 g/mol. The van der Waals surface area contributed by atoms with Crippen molar-refractivity contribution in [1.29, 1.82) is 5.26 Å². The van der Waals surface area contributed by atoms with Crippen LogP contribution < -0.4 is 20.1 Å². The summed E-state index contributed by atoms with van der Waals surface area (Å²) in [6.07, 6.45) is 4.81. The highest BCUT2D eigenvalue weighted by Crippen LogP contribution is 2.34. The lowest BCUT2D eigenvalue weighted by Crippen LogP contribution is -2.51. The lowest BCUT2D eigenvalue weighted by Gasteiger charge is -2.22. The number of carbonyl (C=O) groups is 2. The van der Waals surface area contributed by atoms with E-state index in [1.165, 1.54) is 0 Å². The molecular weight excluding hydrogens is 454 g/mol. The summed E-state index contributed by atoms with van der Waals surface area (Å²) in [6, 6.07) is 12.0. The van der Waals surface area contributed by atoms with Gasteiger partial charge in [-0.05, 0) is 80.0 Å². The van der Waals surface area contributed by atoms with Gasteiger partial charge < -0.3 is 20.1 Å². The van der Waals surface area contributed by atoms with Crippen LogP contribution in [0.5, 0.6) is 11.5 Å². The Hall–Kier alpha value is -3.24. The number of hydrogen-bond acceptors (Lipinski definition) is 5. The second-order valence-electron chi connectivity index (χ2n) is 8.86. The maximum atomic E-state index is 13.3. The SMILES string of the molecule is COc1ccc2c(c1)CCCCCOc1ccc(cc1Cl)C[C@@H](C(=O)NC1(C#N)CC1)NC2=O. The zero-order chi connectivity index (χ0) is 24.1. The van der Waals surface area contributed by atoms with E-state index in [0.29, 0.717) is 48.0 Å². The van der Waals surface area contributed by atoms with E-state index in [9.17, 15) is 14.9 Å². The minimum absolute atomic E-state index is 0.227. The molecule has 0 aromatic heterocycles. The fourth-order valence-corrected chi connectivity index (χ4v) is 4.34. The maximum Gasteiger partial charge on any atom is 0.252 e. The van der Waals surface area contributed by atoms with Crippen LogP contribution in [-0.4, -0.2) is 37.1 Å². The lowest BCUT2D eigenvalue weighted by atomic mass is 9.99. The Balaban J connectivity index is 1.66. The Morgan fingerprint density at radius 1 is 1.24 bits per heavy atom. The zero-order valence-corrected chi connectivity index (χ0v) is 19.9. The molecule has 1 fully saturated rings. The molecule has 2 heterocycles. The standard InChI is InChI=1S/C26H28ClN3O4/c1-33-19-7-8-20-18(15-19)5-3-2-4-12-34-23-9-6-17(13-21(23)27)14-22(29-24(20)31)25(32)30-26(16-28)10-11-26/h6-9,13,15,22H,2-5,10-12,14H2,1H3,(H,29,31)(H,30,32)/t22-/m0/s1. The normalized spacial score (nSPS) is 19.7. The molecule has 0 spiro atoms. The van der Waals surface area contributed by atoms with Crippen LogP contribution in [-0.2, 0) is 17.6 Å². The van der Waals surface area contributed by atoms with Gasteiger partial charge in [0.2, 0.25) is 5.91 Å². The number of nitrogens with one attached hydrogen (secondary N) is 2. The molecule has 2 aliphatic heterocycles. The summed E-state index contributed by atoms with van der Waals surface area (Å²) in [4.78, 5) is 26.5. The smallest absolute Gasteiger partial charge is 0.252 e. The van der Waals surface area contributed by atoms with E-state index in [4.69, 9.17) is 21.1 Å². The van der Waals surface area contributed by atoms with E-state index in [-0.39, 0.29) is 18.2 Å². The topological polar surface area (TPSA) is 100 Å². The third-order valence-electron chi connectivity index (χ3n) is 6.29. The highest BCUT2D eigenvalue weighted by molar-refractivity contribution is 6.32. The Morgan fingerprint density at radius 2 is 2.06 bits per heavy atom. The number of hydrogen-bond donors (Lipinski definition) is 2. The molecule has 7 nitrogen and oxygen atoms in total. The second kappa shape index (κ2) is 10.4. The zero-order valence-electron chi connectivity index (χ0n) is 19.2. The van der Waals surface area contributed by atoms with E-state index in [1.807, 2.05) is 12.1 Å². The first-order chi connectivity index (χ1) is 16.4. The number of amides is 2. The average molecular weight is 482 g/mol. The molecule has 2 amide bonds. The van der Waals surface area contributed by atoms with E-state index >= 15 is 0 Å². The molecule has 0 saturated heterocycles. The molecule has 0 unspecified atom stereocenters. The summed E-state index contributed by atoms with van der Waals surface area (Å²) >= 11 is 6.42. The molecule has 1 atom stereocenters. The summed E-state index contributed by atoms with van der Waals surface area (Å²) in [5.74, 6) is 0.550. The number of nitrogens with zero attached hydrogens (tertiary/aromatic N) is 1. The summed E-state index contributed by atoms with van der Waals surface area (Å²) in [5, 5.41) is 15.6. The summed E-state index contributed by atoms with van der Waals surface area (Å²) < 4.78 is 11.2. The highest BCUT2D eigenvalue weighted by atomic mass is 35.5. The third kappa shape index (κ3) is 5.63. The molecule has 2 N–H and O–H groups in total. The molecule has 34 heavy (non-hydrogen) atoms. The quantitative estimate of drug-likeness (QED) is 0.691. The van der Waals surface area contributed by atoms with E-state index < -0.39 is 11.6 Å². The van der Waals surface area contributed by atoms with Crippen molar-refractivity contribution in [3.05, 3.63) is 58.1 Å². The fourth-order valence-electron chi connectivity index (χ4n) is 4.08. The summed E-state index contributed by atoms with van der Waals surface area (Å²) in [6.45, 7) is 0.547. The van der Waals surface area contributed by atoms with Gasteiger partial charge in [0.25, 0.3) is 5.91 Å². The van der Waals surface area contributed by atoms with Gasteiger partial charge in [-0.3, -0.25) is 9.59 Å². The predicted molar refractivity (Wildman–Crippen MR) is 128 cm³/mol. The highest BCUT2D eigenvalue weighted by Gasteiger charge is 2.45. The van der Waals surface area contributed by atoms with Gasteiger partial charge >= 0.3 is 0 Å². The van der Waals surface area contributed by atoms with Crippen molar-refractivity contribution in [1.82, 2.24) is 10.6 Å². The Labute approximate surface area is 204 Å². The number of rotatable bonds is 3. The first-order valence-corrected chi connectivity index (χ1v) is 11.9. The lowest BCUT2D eigenvalue weighted by molar-refractivity contribution is -0.123. The molecule has 8 heteroatoms. The minimum atomic E-state index is -0.871. The number of fused-ring (bicyclic) bond motifs is 10. The van der Waals surface area contributed by atoms with Crippen LogP contribution in [0.4, 0.5) is 0 Å². The van der Waals surface area contributed by atoms with E-state index in [1.54, 1.807) is 31.4 Å². The number of methoxy groups -OCH3 is 1. The number of nitriles is 1. The average Bonchev–Trinajstić information content (AvgIpc) is 3.60. The van der Waals surface area contributed by atoms with Crippen molar-refractivity contribution in [2.45, 2.75) is 56.5 Å². The minimum Gasteiger partial charge on any atom is -0.497 e. The van der Waals surface area contributed by atoms with Crippen LogP contribution in [0, 0.1) is 11.3 Å². The van der Waals surface area contributed by atoms with Gasteiger partial charge in [0.15, 0.2) is 0 Å². The Morgan fingerprint density at radius 3 is 2.76 bits per heavy atom. The fraction of sp³-hybridized carbons (Fsp3) is 0.423. The predicted octanol–water partition coefficient (Wildman–Crippen LogP) is 3.97. The van der Waals surface area contributed by atoms with Gasteiger partial charge in [-0.1, -0.05) is 17.7 Å². The molecule has 0 radical (unpaired) electrons. The van der Waals surface area contributed by atoms with Crippen molar-refractivity contribution in [2.24, 2.45) is 0 Å². The summed E-state index contributed by atoms with van der Waals surface area (Å²) in [5.41, 5.74) is 1.32. The number of aryl methyl sites for hydroxylation is 1. The van der Waals surface area contributed by atoms with Crippen molar-refractivity contribution >= 4 is 23.4 Å². The van der Waals surface area contributed by atoms with Crippen LogP contribution in [0.1, 0.15) is 53.6 Å². The molecule has 178 valence electrons. The molecule has 2 aromatic rings. The van der Waals surface area contributed by atoms with Crippen LogP contribution >= 0.6 is 11.6 Å². The largest absolute Gasteiger partial charge is 0.497 e. The van der Waals surface area contributed by atoms with Gasteiger partial charge in [-0.25, -0.2) is 0 Å². The first-order valence-electron chi connectivity index (χ1n) is 11.6. The van der Waals surface area contributed by atoms with Gasteiger partial charge in [-0.2, -0.15) is 5.26 Å². The van der Waals surface area contributed by atoms with Crippen LogP contribution in [0.25, 0.3) is 0 Å². The molecule has 2 aromatic carbocycles. The maximum absolute atomic E-state index is 13.3. The van der Waals surface area contributed by atoms with Gasteiger partial charge in [-0.15, -0.1) is 0 Å². The third-order valence-corrected chi connectivity index (χ3v) is 6.58. The molecular formula is C26H28ClN3O4. The first kappa shape index (κ1) is 23.9. The number of halogens is 1. The molecule has 3 aliphatic rings.